The second-order valence-electron chi connectivity index (χ2n) is 6.74. The number of hydrogen-bond acceptors (Lipinski definition) is 3. The fourth-order valence-electron chi connectivity index (χ4n) is 2.86. The van der Waals surface area contributed by atoms with E-state index in [4.69, 9.17) is 4.74 Å². The SMILES string of the molecule is CC(C)(C)OC(=O)N1CC2(CC(NCC(F)F)C2)C1. The van der Waals surface area contributed by atoms with Gasteiger partial charge in [0.15, 0.2) is 0 Å². The molecular weight excluding hydrogens is 254 g/mol. The average Bonchev–Trinajstić information content (AvgIpc) is 2.08. The Morgan fingerprint density at radius 3 is 2.47 bits per heavy atom. The molecule has 19 heavy (non-hydrogen) atoms. The number of nitrogens with zero attached hydrogens (tertiary/aromatic N) is 1. The number of amides is 1. The van der Waals surface area contributed by atoms with Crippen LogP contribution in [0.15, 0.2) is 0 Å². The highest BCUT2D eigenvalue weighted by Crippen LogP contribution is 2.48. The van der Waals surface area contributed by atoms with Gasteiger partial charge in [0.05, 0.1) is 6.54 Å². The standard InChI is InChI=1S/C13H22F2N2O2/c1-12(2,3)19-11(18)17-7-13(8-17)4-9(5-13)16-6-10(14)15/h9-10,16H,4-8H2,1-3H3. The van der Waals surface area contributed by atoms with Gasteiger partial charge in [0, 0.05) is 24.5 Å². The molecular formula is C13H22F2N2O2. The summed E-state index contributed by atoms with van der Waals surface area (Å²) in [5.74, 6) is 0. The van der Waals surface area contributed by atoms with Gasteiger partial charge in [0.2, 0.25) is 0 Å². The lowest BCUT2D eigenvalue weighted by Gasteiger charge is -2.58. The monoisotopic (exact) mass is 276 g/mol. The summed E-state index contributed by atoms with van der Waals surface area (Å²) in [6.07, 6.45) is -0.823. The molecule has 1 heterocycles. The molecule has 0 bridgehead atoms. The van der Waals surface area contributed by atoms with Gasteiger partial charge < -0.3 is 15.0 Å². The summed E-state index contributed by atoms with van der Waals surface area (Å²) in [5, 5.41) is 2.84. The lowest BCUT2D eigenvalue weighted by atomic mass is 9.61. The van der Waals surface area contributed by atoms with Crippen molar-refractivity contribution in [3.05, 3.63) is 0 Å². The van der Waals surface area contributed by atoms with Gasteiger partial charge in [-0.05, 0) is 33.6 Å². The zero-order valence-electron chi connectivity index (χ0n) is 11.7. The van der Waals surface area contributed by atoms with Gasteiger partial charge in [0.1, 0.15) is 5.60 Å². The first-order valence-electron chi connectivity index (χ1n) is 6.69. The molecule has 1 aliphatic carbocycles. The molecule has 1 aliphatic heterocycles. The van der Waals surface area contributed by atoms with E-state index in [1.165, 1.54) is 0 Å². The summed E-state index contributed by atoms with van der Waals surface area (Å²) >= 11 is 0. The second kappa shape index (κ2) is 4.89. The Labute approximate surface area is 112 Å². The Morgan fingerprint density at radius 1 is 1.42 bits per heavy atom. The van der Waals surface area contributed by atoms with Crippen LogP contribution in [-0.2, 0) is 4.74 Å². The van der Waals surface area contributed by atoms with Gasteiger partial charge in [-0.2, -0.15) is 0 Å². The highest BCUT2D eigenvalue weighted by atomic mass is 19.3. The smallest absolute Gasteiger partial charge is 0.410 e. The number of carbonyl (C=O) groups excluding carboxylic acids is 1. The molecule has 0 aromatic carbocycles. The van der Waals surface area contributed by atoms with Gasteiger partial charge in [-0.3, -0.25) is 0 Å². The Balaban J connectivity index is 1.66. The Hall–Kier alpha value is -0.910. The molecule has 1 amide bonds. The molecule has 0 aromatic heterocycles. The molecule has 2 rings (SSSR count). The van der Waals surface area contributed by atoms with E-state index in [9.17, 15) is 13.6 Å². The van der Waals surface area contributed by atoms with E-state index in [0.717, 1.165) is 12.8 Å². The zero-order valence-corrected chi connectivity index (χ0v) is 11.7. The largest absolute Gasteiger partial charge is 0.444 e. The molecule has 0 atom stereocenters. The summed E-state index contributed by atoms with van der Waals surface area (Å²) in [5.41, 5.74) is -0.322. The number of alkyl halides is 2. The molecule has 2 fully saturated rings. The van der Waals surface area contributed by atoms with Crippen LogP contribution in [0.2, 0.25) is 0 Å². The second-order valence-corrected chi connectivity index (χ2v) is 6.74. The van der Waals surface area contributed by atoms with Crippen LogP contribution >= 0.6 is 0 Å². The van der Waals surface area contributed by atoms with E-state index in [1.807, 2.05) is 20.8 Å². The molecule has 4 nitrogen and oxygen atoms in total. The summed E-state index contributed by atoms with van der Waals surface area (Å²) in [6.45, 7) is 6.66. The summed E-state index contributed by atoms with van der Waals surface area (Å²) in [6, 6.07) is 0.176. The van der Waals surface area contributed by atoms with Crippen LogP contribution in [0.3, 0.4) is 0 Å². The summed E-state index contributed by atoms with van der Waals surface area (Å²) in [4.78, 5) is 13.4. The van der Waals surface area contributed by atoms with Crippen molar-refractivity contribution in [3.8, 4) is 0 Å². The lowest BCUT2D eigenvalue weighted by molar-refractivity contribution is -0.0841. The van der Waals surface area contributed by atoms with Crippen LogP contribution in [-0.4, -0.2) is 48.7 Å². The van der Waals surface area contributed by atoms with Crippen LogP contribution in [0.1, 0.15) is 33.6 Å². The van der Waals surface area contributed by atoms with Crippen molar-refractivity contribution >= 4 is 6.09 Å². The quantitative estimate of drug-likeness (QED) is 0.859. The molecule has 0 unspecified atom stereocenters. The molecule has 0 aromatic rings. The van der Waals surface area contributed by atoms with Crippen LogP contribution in [0, 0.1) is 5.41 Å². The topological polar surface area (TPSA) is 41.6 Å². The summed E-state index contributed by atoms with van der Waals surface area (Å²) < 4.78 is 29.4. The normalized spacial score (nSPS) is 22.3. The molecule has 1 saturated carbocycles. The fraction of sp³-hybridized carbons (Fsp3) is 0.923. The first-order valence-corrected chi connectivity index (χ1v) is 6.69. The number of nitrogens with one attached hydrogen (secondary N) is 1. The van der Waals surface area contributed by atoms with E-state index in [0.29, 0.717) is 13.1 Å². The van der Waals surface area contributed by atoms with Crippen LogP contribution < -0.4 is 5.32 Å². The third kappa shape index (κ3) is 3.55. The van der Waals surface area contributed by atoms with Crippen molar-refractivity contribution in [2.75, 3.05) is 19.6 Å². The van der Waals surface area contributed by atoms with Crippen molar-refractivity contribution in [1.29, 1.82) is 0 Å². The lowest BCUT2D eigenvalue weighted by Crippen LogP contribution is -2.67. The van der Waals surface area contributed by atoms with Crippen LogP contribution in [0.5, 0.6) is 0 Å². The molecule has 1 spiro atoms. The summed E-state index contributed by atoms with van der Waals surface area (Å²) in [7, 11) is 0. The minimum Gasteiger partial charge on any atom is -0.444 e. The Morgan fingerprint density at radius 2 is 2.00 bits per heavy atom. The van der Waals surface area contributed by atoms with Crippen LogP contribution in [0.25, 0.3) is 0 Å². The number of hydrogen-bond donors (Lipinski definition) is 1. The molecule has 110 valence electrons. The van der Waals surface area contributed by atoms with E-state index in [2.05, 4.69) is 5.32 Å². The fourth-order valence-corrected chi connectivity index (χ4v) is 2.86. The van der Waals surface area contributed by atoms with Crippen molar-refractivity contribution in [1.82, 2.24) is 10.2 Å². The third-order valence-corrected chi connectivity index (χ3v) is 3.62. The third-order valence-electron chi connectivity index (χ3n) is 3.62. The number of ether oxygens (including phenoxy) is 1. The molecule has 2 aliphatic rings. The zero-order chi connectivity index (χ0) is 14.3. The van der Waals surface area contributed by atoms with Gasteiger partial charge in [-0.25, -0.2) is 13.6 Å². The predicted octanol–water partition coefficient (Wildman–Crippen LogP) is 2.24. The van der Waals surface area contributed by atoms with Gasteiger partial charge in [-0.1, -0.05) is 0 Å². The maximum Gasteiger partial charge on any atom is 0.410 e. The van der Waals surface area contributed by atoms with Crippen molar-refractivity contribution in [3.63, 3.8) is 0 Å². The maximum absolute atomic E-state index is 12.0. The van der Waals surface area contributed by atoms with E-state index < -0.39 is 12.0 Å². The number of carbonyl (C=O) groups is 1. The first-order chi connectivity index (χ1) is 8.69. The van der Waals surface area contributed by atoms with Crippen molar-refractivity contribution < 1.29 is 18.3 Å². The average molecular weight is 276 g/mol. The van der Waals surface area contributed by atoms with Crippen molar-refractivity contribution in [2.45, 2.75) is 51.7 Å². The minimum absolute atomic E-state index is 0.149. The molecule has 0 radical (unpaired) electrons. The van der Waals surface area contributed by atoms with E-state index >= 15 is 0 Å². The molecule has 1 N–H and O–H groups in total. The minimum atomic E-state index is -2.30. The number of rotatable bonds is 3. The Kier molecular flexibility index (Phi) is 3.73. The van der Waals surface area contributed by atoms with Crippen LogP contribution in [0.4, 0.5) is 13.6 Å². The van der Waals surface area contributed by atoms with Crippen molar-refractivity contribution in [2.24, 2.45) is 5.41 Å². The van der Waals surface area contributed by atoms with Gasteiger partial charge in [-0.15, -0.1) is 0 Å². The van der Waals surface area contributed by atoms with E-state index in [-0.39, 0.29) is 24.1 Å². The highest BCUT2D eigenvalue weighted by molar-refractivity contribution is 5.69. The van der Waals surface area contributed by atoms with E-state index in [1.54, 1.807) is 4.90 Å². The first kappa shape index (κ1) is 14.5. The number of likely N-dealkylation sites (tertiary alicyclic amines) is 1. The maximum atomic E-state index is 12.0. The number of halogens is 2. The Bertz CT molecular complexity index is 341. The van der Waals surface area contributed by atoms with Gasteiger partial charge in [0.25, 0.3) is 6.43 Å². The predicted molar refractivity (Wildman–Crippen MR) is 67.3 cm³/mol. The molecule has 1 saturated heterocycles. The van der Waals surface area contributed by atoms with Gasteiger partial charge >= 0.3 is 6.09 Å². The molecule has 6 heteroatoms. The highest BCUT2D eigenvalue weighted by Gasteiger charge is 2.54.